The summed E-state index contributed by atoms with van der Waals surface area (Å²) in [5.74, 6) is -1.04. The van der Waals surface area contributed by atoms with Crippen molar-refractivity contribution >= 4 is 15.9 Å². The van der Waals surface area contributed by atoms with Crippen LogP contribution in [0.15, 0.2) is 34.9 Å². The van der Waals surface area contributed by atoms with Crippen LogP contribution in [0.4, 0.5) is 4.39 Å². The number of benzene rings is 1. The molecule has 2 heterocycles. The first kappa shape index (κ1) is 14.0. The standard InChI is InChI=1S/C13H14FN3O3S/c14-12-3-10(21(15,19)20)1-2-11(12)13(18)17-6-8-4-16-5-9(8)7-17/h1-4,9,16H,5-7H2,(H2,15,19,20). The minimum absolute atomic E-state index is 0.143. The van der Waals surface area contributed by atoms with Gasteiger partial charge in [-0.05, 0) is 30.0 Å². The molecule has 2 aliphatic heterocycles. The van der Waals surface area contributed by atoms with E-state index in [2.05, 4.69) is 5.32 Å². The van der Waals surface area contributed by atoms with E-state index in [1.807, 2.05) is 6.20 Å². The number of nitrogens with two attached hydrogens (primary N) is 1. The molecular weight excluding hydrogens is 297 g/mol. The normalized spacial score (nSPS) is 21.0. The minimum atomic E-state index is -3.98. The third-order valence-corrected chi connectivity index (χ3v) is 4.69. The van der Waals surface area contributed by atoms with Crippen molar-refractivity contribution in [2.24, 2.45) is 11.1 Å². The smallest absolute Gasteiger partial charge is 0.257 e. The van der Waals surface area contributed by atoms with Gasteiger partial charge in [0.15, 0.2) is 0 Å². The first-order valence-electron chi connectivity index (χ1n) is 6.40. The third kappa shape index (κ3) is 2.52. The predicted molar refractivity (Wildman–Crippen MR) is 73.3 cm³/mol. The Bertz CT molecular complexity index is 745. The number of hydrogen-bond donors (Lipinski definition) is 2. The number of fused-ring (bicyclic) bond motifs is 1. The van der Waals surface area contributed by atoms with Gasteiger partial charge in [-0.15, -0.1) is 0 Å². The van der Waals surface area contributed by atoms with Gasteiger partial charge >= 0.3 is 0 Å². The number of rotatable bonds is 2. The average molecular weight is 311 g/mol. The predicted octanol–water partition coefficient (Wildman–Crippen LogP) is 0.0322. The second-order valence-electron chi connectivity index (χ2n) is 5.20. The summed E-state index contributed by atoms with van der Waals surface area (Å²) >= 11 is 0. The molecule has 0 bridgehead atoms. The van der Waals surface area contributed by atoms with Crippen LogP contribution in [-0.2, 0) is 10.0 Å². The maximum Gasteiger partial charge on any atom is 0.257 e. The topological polar surface area (TPSA) is 92.5 Å². The quantitative estimate of drug-likeness (QED) is 0.806. The van der Waals surface area contributed by atoms with E-state index in [0.717, 1.165) is 30.3 Å². The van der Waals surface area contributed by atoms with Crippen molar-refractivity contribution in [2.45, 2.75) is 4.90 Å². The molecule has 1 unspecified atom stereocenters. The summed E-state index contributed by atoms with van der Waals surface area (Å²) in [4.78, 5) is 13.5. The molecule has 21 heavy (non-hydrogen) atoms. The molecule has 1 aromatic rings. The Balaban J connectivity index is 1.86. The molecule has 1 saturated heterocycles. The summed E-state index contributed by atoms with van der Waals surface area (Å²) in [6, 6.07) is 3.09. The molecule has 8 heteroatoms. The first-order valence-corrected chi connectivity index (χ1v) is 7.95. The van der Waals surface area contributed by atoms with Gasteiger partial charge in [0.05, 0.1) is 10.5 Å². The number of likely N-dealkylation sites (tertiary alicyclic amines) is 1. The number of carbonyl (C=O) groups excluding carboxylic acids is 1. The number of sulfonamides is 1. The Morgan fingerprint density at radius 3 is 2.81 bits per heavy atom. The molecule has 3 N–H and O–H groups in total. The molecular formula is C13H14FN3O3S. The lowest BCUT2D eigenvalue weighted by atomic mass is 10.1. The van der Waals surface area contributed by atoms with E-state index in [1.54, 1.807) is 4.90 Å². The molecule has 3 rings (SSSR count). The SMILES string of the molecule is NS(=O)(=O)c1ccc(C(=O)N2CC3=CNCC3C2)c(F)c1. The van der Waals surface area contributed by atoms with E-state index in [0.29, 0.717) is 13.1 Å². The molecule has 0 saturated carbocycles. The van der Waals surface area contributed by atoms with E-state index in [9.17, 15) is 17.6 Å². The Morgan fingerprint density at radius 2 is 2.19 bits per heavy atom. The lowest BCUT2D eigenvalue weighted by Gasteiger charge is -2.17. The molecule has 0 spiro atoms. The largest absolute Gasteiger partial charge is 0.390 e. The zero-order chi connectivity index (χ0) is 15.2. The van der Waals surface area contributed by atoms with Gasteiger partial charge in [0.25, 0.3) is 5.91 Å². The van der Waals surface area contributed by atoms with Crippen molar-refractivity contribution in [3.63, 3.8) is 0 Å². The fraction of sp³-hybridized carbons (Fsp3) is 0.308. The second-order valence-corrected chi connectivity index (χ2v) is 6.76. The lowest BCUT2D eigenvalue weighted by molar-refractivity contribution is 0.0783. The van der Waals surface area contributed by atoms with Crippen LogP contribution in [0.2, 0.25) is 0 Å². The monoisotopic (exact) mass is 311 g/mol. The van der Waals surface area contributed by atoms with Crippen molar-refractivity contribution < 1.29 is 17.6 Å². The van der Waals surface area contributed by atoms with Gasteiger partial charge < -0.3 is 10.2 Å². The number of nitrogens with zero attached hydrogens (tertiary/aromatic N) is 1. The highest BCUT2D eigenvalue weighted by Crippen LogP contribution is 2.27. The fourth-order valence-corrected chi connectivity index (χ4v) is 3.19. The number of nitrogens with one attached hydrogen (secondary N) is 1. The van der Waals surface area contributed by atoms with Gasteiger partial charge in [0, 0.05) is 25.6 Å². The Kier molecular flexibility index (Phi) is 3.22. The summed E-state index contributed by atoms with van der Waals surface area (Å²) in [5.41, 5.74) is 0.987. The molecule has 0 aliphatic carbocycles. The highest BCUT2D eigenvalue weighted by Gasteiger charge is 2.34. The summed E-state index contributed by atoms with van der Waals surface area (Å²) in [6.45, 7) is 1.78. The van der Waals surface area contributed by atoms with Crippen molar-refractivity contribution in [2.75, 3.05) is 19.6 Å². The molecule has 1 fully saturated rings. The van der Waals surface area contributed by atoms with E-state index >= 15 is 0 Å². The highest BCUT2D eigenvalue weighted by molar-refractivity contribution is 7.89. The number of amides is 1. The van der Waals surface area contributed by atoms with Gasteiger partial charge in [0.2, 0.25) is 10.0 Å². The van der Waals surface area contributed by atoms with Crippen LogP contribution in [0, 0.1) is 11.7 Å². The van der Waals surface area contributed by atoms with Crippen molar-refractivity contribution in [3.8, 4) is 0 Å². The van der Waals surface area contributed by atoms with Crippen LogP contribution in [0.1, 0.15) is 10.4 Å². The van der Waals surface area contributed by atoms with Crippen molar-refractivity contribution in [1.29, 1.82) is 0 Å². The van der Waals surface area contributed by atoms with Crippen molar-refractivity contribution in [1.82, 2.24) is 10.2 Å². The number of carbonyl (C=O) groups is 1. The maximum absolute atomic E-state index is 14.0. The zero-order valence-corrected chi connectivity index (χ0v) is 11.9. The van der Waals surface area contributed by atoms with E-state index < -0.39 is 21.7 Å². The average Bonchev–Trinajstić information content (AvgIpc) is 2.97. The highest BCUT2D eigenvalue weighted by atomic mass is 32.2. The van der Waals surface area contributed by atoms with Gasteiger partial charge in [0.1, 0.15) is 5.82 Å². The zero-order valence-electron chi connectivity index (χ0n) is 11.0. The van der Waals surface area contributed by atoms with E-state index in [-0.39, 0.29) is 16.4 Å². The Hall–Kier alpha value is -1.93. The summed E-state index contributed by atoms with van der Waals surface area (Å²) < 4.78 is 36.3. The lowest BCUT2D eigenvalue weighted by Crippen LogP contribution is -2.31. The molecule has 1 atom stereocenters. The van der Waals surface area contributed by atoms with Crippen LogP contribution in [0.25, 0.3) is 0 Å². The van der Waals surface area contributed by atoms with Crippen LogP contribution >= 0.6 is 0 Å². The summed E-state index contributed by atoms with van der Waals surface area (Å²) in [5, 5.41) is 8.04. The number of primary sulfonamides is 1. The molecule has 112 valence electrons. The van der Waals surface area contributed by atoms with Crippen molar-refractivity contribution in [3.05, 3.63) is 41.4 Å². The van der Waals surface area contributed by atoms with Gasteiger partial charge in [-0.25, -0.2) is 17.9 Å². The van der Waals surface area contributed by atoms with Gasteiger partial charge in [-0.1, -0.05) is 0 Å². The van der Waals surface area contributed by atoms with E-state index in [1.165, 1.54) is 0 Å². The summed E-state index contributed by atoms with van der Waals surface area (Å²) in [6.07, 6.45) is 1.89. The third-order valence-electron chi connectivity index (χ3n) is 3.78. The molecule has 2 aliphatic rings. The molecule has 0 aromatic heterocycles. The molecule has 0 radical (unpaired) electrons. The van der Waals surface area contributed by atoms with Gasteiger partial charge in [-0.2, -0.15) is 0 Å². The van der Waals surface area contributed by atoms with E-state index in [4.69, 9.17) is 5.14 Å². The molecule has 1 aromatic carbocycles. The molecule has 6 nitrogen and oxygen atoms in total. The summed E-state index contributed by atoms with van der Waals surface area (Å²) in [7, 11) is -3.98. The maximum atomic E-state index is 14.0. The van der Waals surface area contributed by atoms with Crippen LogP contribution in [-0.4, -0.2) is 38.9 Å². The Labute approximate surface area is 121 Å². The van der Waals surface area contributed by atoms with Crippen LogP contribution < -0.4 is 10.5 Å². The minimum Gasteiger partial charge on any atom is -0.390 e. The van der Waals surface area contributed by atoms with Gasteiger partial charge in [-0.3, -0.25) is 4.79 Å². The van der Waals surface area contributed by atoms with Crippen LogP contribution in [0.3, 0.4) is 0 Å². The second kappa shape index (κ2) is 4.81. The first-order chi connectivity index (χ1) is 9.86. The number of hydrogen-bond acceptors (Lipinski definition) is 4. The molecule has 1 amide bonds. The number of halogens is 1. The van der Waals surface area contributed by atoms with Crippen LogP contribution in [0.5, 0.6) is 0 Å². The Morgan fingerprint density at radius 1 is 1.43 bits per heavy atom. The fourth-order valence-electron chi connectivity index (χ4n) is 2.66.